The fraction of sp³-hybridized carbons (Fsp3) is 0.611. The predicted molar refractivity (Wildman–Crippen MR) is 98.8 cm³/mol. The van der Waals surface area contributed by atoms with Crippen LogP contribution in [0.1, 0.15) is 24.8 Å². The zero-order chi connectivity index (χ0) is 18.9. The number of phenols is 1. The van der Waals surface area contributed by atoms with Crippen molar-refractivity contribution in [2.24, 2.45) is 5.92 Å². The number of phenolic OH excluding ortho intramolecular Hbond substituents is 1. The molecule has 3 aliphatic rings. The molecule has 2 atom stereocenters. The maximum absolute atomic E-state index is 12.8. The fourth-order valence-corrected chi connectivity index (χ4v) is 5.04. The molecule has 0 saturated carbocycles. The number of carbonyl (C=O) groups is 1. The summed E-state index contributed by atoms with van der Waals surface area (Å²) < 4.78 is 27.8. The van der Waals surface area contributed by atoms with E-state index < -0.39 is 10.2 Å². The van der Waals surface area contributed by atoms with Gasteiger partial charge in [-0.15, -0.1) is 0 Å². The number of amides is 1. The Morgan fingerprint density at radius 1 is 1.15 bits per heavy atom. The molecule has 1 aromatic carbocycles. The van der Waals surface area contributed by atoms with E-state index in [2.05, 4.69) is 0 Å². The van der Waals surface area contributed by atoms with Crippen LogP contribution in [0.4, 0.5) is 0 Å². The molecule has 3 aliphatic heterocycles. The highest BCUT2D eigenvalue weighted by Gasteiger charge is 2.41. The van der Waals surface area contributed by atoms with Crippen LogP contribution in [0.15, 0.2) is 24.3 Å². The molecule has 144 valence electrons. The quantitative estimate of drug-likeness (QED) is 0.827. The molecule has 0 aromatic heterocycles. The first-order valence-electron chi connectivity index (χ1n) is 9.02. The molecule has 0 radical (unpaired) electrons. The number of carbonyl (C=O) groups excluding carboxylic acids is 1. The third kappa shape index (κ3) is 4.02. The van der Waals surface area contributed by atoms with Crippen LogP contribution in [0.3, 0.4) is 0 Å². The number of hydrogen-bond donors (Lipinski definition) is 1. The minimum absolute atomic E-state index is 0.0456. The van der Waals surface area contributed by atoms with Gasteiger partial charge in [-0.1, -0.05) is 12.1 Å². The zero-order valence-electron chi connectivity index (χ0n) is 15.3. The van der Waals surface area contributed by atoms with Crippen molar-refractivity contribution in [3.8, 4) is 5.75 Å². The van der Waals surface area contributed by atoms with Crippen molar-refractivity contribution in [1.82, 2.24) is 13.5 Å². The lowest BCUT2D eigenvalue weighted by molar-refractivity contribution is -0.135. The number of aryl methyl sites for hydroxylation is 1. The summed E-state index contributed by atoms with van der Waals surface area (Å²) in [4.78, 5) is 14.7. The van der Waals surface area contributed by atoms with Gasteiger partial charge in [0.25, 0.3) is 10.2 Å². The smallest absolute Gasteiger partial charge is 0.281 e. The van der Waals surface area contributed by atoms with Crippen molar-refractivity contribution in [3.63, 3.8) is 0 Å². The summed E-state index contributed by atoms with van der Waals surface area (Å²) >= 11 is 0. The molecule has 1 amide bonds. The van der Waals surface area contributed by atoms with Gasteiger partial charge in [-0.25, -0.2) is 0 Å². The molecular weight excluding hydrogens is 354 g/mol. The van der Waals surface area contributed by atoms with E-state index in [0.29, 0.717) is 32.5 Å². The maximum atomic E-state index is 12.8. The summed E-state index contributed by atoms with van der Waals surface area (Å²) in [6, 6.07) is 6.84. The Balaban J connectivity index is 1.66. The van der Waals surface area contributed by atoms with Gasteiger partial charge in [-0.05, 0) is 42.9 Å². The van der Waals surface area contributed by atoms with Gasteiger partial charge >= 0.3 is 0 Å². The molecule has 26 heavy (non-hydrogen) atoms. The van der Waals surface area contributed by atoms with Gasteiger partial charge < -0.3 is 10.0 Å². The summed E-state index contributed by atoms with van der Waals surface area (Å²) in [5, 5.41) is 9.34. The molecule has 0 unspecified atom stereocenters. The van der Waals surface area contributed by atoms with Crippen molar-refractivity contribution >= 4 is 16.1 Å². The largest absolute Gasteiger partial charge is 0.508 e. The van der Waals surface area contributed by atoms with E-state index in [1.54, 1.807) is 26.2 Å². The molecule has 2 bridgehead atoms. The Morgan fingerprint density at radius 2 is 1.85 bits per heavy atom. The average molecular weight is 381 g/mol. The topological polar surface area (TPSA) is 81.2 Å². The molecular formula is C18H27N3O4S. The van der Waals surface area contributed by atoms with Gasteiger partial charge in [0.05, 0.1) is 0 Å². The van der Waals surface area contributed by atoms with E-state index in [1.165, 1.54) is 8.61 Å². The van der Waals surface area contributed by atoms with E-state index in [4.69, 9.17) is 0 Å². The highest BCUT2D eigenvalue weighted by atomic mass is 32.2. The number of rotatable bonds is 5. The second-order valence-electron chi connectivity index (χ2n) is 7.42. The van der Waals surface area contributed by atoms with Gasteiger partial charge in [-0.2, -0.15) is 17.0 Å². The molecule has 1 N–H and O–H groups in total. The summed E-state index contributed by atoms with van der Waals surface area (Å²) in [6.07, 6.45) is 2.84. The number of nitrogens with zero attached hydrogens (tertiary/aromatic N) is 3. The molecule has 0 aliphatic carbocycles. The Morgan fingerprint density at radius 3 is 2.50 bits per heavy atom. The van der Waals surface area contributed by atoms with Crippen LogP contribution in [-0.2, 0) is 21.4 Å². The second kappa shape index (κ2) is 7.54. The van der Waals surface area contributed by atoms with Crippen LogP contribution in [-0.4, -0.2) is 72.7 Å². The number of piperidine rings is 1. The highest BCUT2D eigenvalue weighted by Crippen LogP contribution is 2.30. The van der Waals surface area contributed by atoms with Crippen LogP contribution >= 0.6 is 0 Å². The van der Waals surface area contributed by atoms with Crippen molar-refractivity contribution in [2.75, 3.05) is 33.7 Å². The van der Waals surface area contributed by atoms with E-state index >= 15 is 0 Å². The van der Waals surface area contributed by atoms with Crippen molar-refractivity contribution in [3.05, 3.63) is 29.8 Å². The molecule has 3 heterocycles. The molecule has 0 spiro atoms. The van der Waals surface area contributed by atoms with E-state index in [-0.39, 0.29) is 23.6 Å². The van der Waals surface area contributed by atoms with Gasteiger partial charge in [0.1, 0.15) is 5.75 Å². The lowest BCUT2D eigenvalue weighted by Crippen LogP contribution is -2.48. The van der Waals surface area contributed by atoms with Gasteiger partial charge in [0, 0.05) is 46.2 Å². The number of aromatic hydroxyl groups is 1. The Hall–Kier alpha value is -1.64. The normalized spacial score (nSPS) is 24.0. The van der Waals surface area contributed by atoms with Crippen LogP contribution in [0.2, 0.25) is 0 Å². The summed E-state index contributed by atoms with van der Waals surface area (Å²) in [5.41, 5.74) is 1.01. The Kier molecular flexibility index (Phi) is 5.55. The van der Waals surface area contributed by atoms with Crippen molar-refractivity contribution < 1.29 is 18.3 Å². The summed E-state index contributed by atoms with van der Waals surface area (Å²) in [5.74, 6) is 0.491. The maximum Gasteiger partial charge on any atom is 0.281 e. The van der Waals surface area contributed by atoms with Crippen molar-refractivity contribution in [2.45, 2.75) is 31.7 Å². The lowest BCUT2D eigenvalue weighted by Gasteiger charge is -2.36. The lowest BCUT2D eigenvalue weighted by atomic mass is 9.94. The minimum atomic E-state index is -3.45. The highest BCUT2D eigenvalue weighted by molar-refractivity contribution is 7.86. The Bertz CT molecular complexity index is 748. The monoisotopic (exact) mass is 381 g/mol. The third-order valence-corrected chi connectivity index (χ3v) is 7.23. The number of benzene rings is 1. The standard InChI is InChI=1S/C18H27N3O4S/c1-19(2)26(24,25)20-11-15-3-7-16(13-20)21(12-15)18(23)10-6-14-4-8-17(22)9-5-14/h4-5,8-9,15-16,22H,3,6-7,10-13H2,1-2H3/t15-,16+/m1/s1. The van der Waals surface area contributed by atoms with Crippen LogP contribution in [0.25, 0.3) is 0 Å². The minimum Gasteiger partial charge on any atom is -0.508 e. The molecule has 7 nitrogen and oxygen atoms in total. The SMILES string of the molecule is CN(C)S(=O)(=O)N1C[C@H]2CC[C@@H](C1)N(C(=O)CCc1ccc(O)cc1)C2. The van der Waals surface area contributed by atoms with E-state index in [1.807, 2.05) is 17.0 Å². The number of hydrogen-bond acceptors (Lipinski definition) is 4. The third-order valence-electron chi connectivity index (χ3n) is 5.35. The van der Waals surface area contributed by atoms with Crippen LogP contribution in [0, 0.1) is 5.92 Å². The van der Waals surface area contributed by atoms with Crippen LogP contribution in [0.5, 0.6) is 5.75 Å². The van der Waals surface area contributed by atoms with Gasteiger partial charge in [0.15, 0.2) is 0 Å². The first kappa shape index (κ1) is 19.1. The van der Waals surface area contributed by atoms with Crippen LogP contribution < -0.4 is 0 Å². The average Bonchev–Trinajstić information content (AvgIpc) is 2.93. The van der Waals surface area contributed by atoms with Gasteiger partial charge in [0.2, 0.25) is 5.91 Å². The predicted octanol–water partition coefficient (Wildman–Crippen LogP) is 1.05. The fourth-order valence-electron chi connectivity index (χ4n) is 3.82. The summed E-state index contributed by atoms with van der Waals surface area (Å²) in [6.45, 7) is 1.50. The zero-order valence-corrected chi connectivity index (χ0v) is 16.2. The van der Waals surface area contributed by atoms with E-state index in [0.717, 1.165) is 18.4 Å². The van der Waals surface area contributed by atoms with Crippen molar-refractivity contribution in [1.29, 1.82) is 0 Å². The molecule has 8 heteroatoms. The first-order chi connectivity index (χ1) is 12.3. The summed E-state index contributed by atoms with van der Waals surface area (Å²) in [7, 11) is -0.364. The second-order valence-corrected chi connectivity index (χ2v) is 9.56. The first-order valence-corrected chi connectivity index (χ1v) is 10.4. The van der Waals surface area contributed by atoms with Gasteiger partial charge in [-0.3, -0.25) is 4.79 Å². The van der Waals surface area contributed by atoms with E-state index in [9.17, 15) is 18.3 Å². The molecule has 1 aromatic rings. The molecule has 4 rings (SSSR count). The Labute approximate surface area is 155 Å². The molecule has 3 fully saturated rings. The number of fused-ring (bicyclic) bond motifs is 4. The molecule has 3 saturated heterocycles.